The van der Waals surface area contributed by atoms with Crippen LogP contribution in [0.15, 0.2) is 0 Å². The van der Waals surface area contributed by atoms with Gasteiger partial charge in [0.25, 0.3) is 0 Å². The fourth-order valence-electron chi connectivity index (χ4n) is 3.02. The lowest BCUT2D eigenvalue weighted by Gasteiger charge is -2.33. The normalized spacial score (nSPS) is 30.0. The topological polar surface area (TPSA) is 55.6 Å². The largest absolute Gasteiger partial charge is 0.391 e. The number of amides is 1. The average molecular weight is 270 g/mol. The Morgan fingerprint density at radius 3 is 2.33 bits per heavy atom. The van der Waals surface area contributed by atoms with E-state index < -0.39 is 0 Å². The highest BCUT2D eigenvalue weighted by Gasteiger charge is 2.68. The van der Waals surface area contributed by atoms with Crippen molar-refractivity contribution in [2.75, 3.05) is 19.7 Å². The molecular weight excluding hydrogens is 248 g/mol. The number of hydrogen-bond acceptors (Lipinski definition) is 3. The lowest BCUT2D eigenvalue weighted by atomic mass is 10.0. The molecule has 1 heterocycles. The van der Waals surface area contributed by atoms with Crippen LogP contribution in [0.5, 0.6) is 0 Å². The molecule has 0 radical (unpaired) electrons. The summed E-state index contributed by atoms with van der Waals surface area (Å²) in [6.07, 6.45) is -0.289. The zero-order valence-corrected chi connectivity index (χ0v) is 12.3. The van der Waals surface area contributed by atoms with E-state index in [1.54, 1.807) is 0 Å². The van der Waals surface area contributed by atoms with E-state index in [2.05, 4.69) is 27.7 Å². The molecule has 2 N–H and O–H groups in total. The fraction of sp³-hybridized carbons (Fsp3) is 0.846. The Labute approximate surface area is 114 Å². The second kappa shape index (κ2) is 4.17. The molecule has 4 nitrogen and oxygen atoms in total. The molecule has 0 aromatic rings. The minimum Gasteiger partial charge on any atom is -0.391 e. The van der Waals surface area contributed by atoms with Gasteiger partial charge < -0.3 is 15.4 Å². The Hall–Kier alpha value is -0.680. The SMILES string of the molecule is CC1(C)C(C(=O)N2CCOC(C(N)=S)C2)C1(C)C. The molecule has 1 aliphatic carbocycles. The van der Waals surface area contributed by atoms with Crippen molar-refractivity contribution in [3.8, 4) is 0 Å². The third-order valence-corrected chi connectivity index (χ3v) is 5.23. The maximum absolute atomic E-state index is 12.5. The lowest BCUT2D eigenvalue weighted by Crippen LogP contribution is -2.50. The zero-order valence-electron chi connectivity index (χ0n) is 11.5. The van der Waals surface area contributed by atoms with Crippen LogP contribution in [0, 0.1) is 16.7 Å². The van der Waals surface area contributed by atoms with Gasteiger partial charge in [0.2, 0.25) is 5.91 Å². The Balaban J connectivity index is 2.05. The van der Waals surface area contributed by atoms with Gasteiger partial charge in [-0.05, 0) is 10.8 Å². The smallest absolute Gasteiger partial charge is 0.226 e. The first-order valence-electron chi connectivity index (χ1n) is 6.39. The highest BCUT2D eigenvalue weighted by Crippen LogP contribution is 2.68. The van der Waals surface area contributed by atoms with Crippen LogP contribution in [0.2, 0.25) is 0 Å². The molecular formula is C13H22N2O2S. The molecule has 102 valence electrons. The Bertz CT molecular complexity index is 378. The standard InChI is InChI=1S/C13H22N2O2S/c1-12(2)9(13(12,3)4)11(16)15-5-6-17-8(7-15)10(14)18/h8-9H,5-7H2,1-4H3,(H2,14,18). The number of morpholine rings is 1. The van der Waals surface area contributed by atoms with Gasteiger partial charge in [-0.3, -0.25) is 4.79 Å². The molecule has 0 spiro atoms. The summed E-state index contributed by atoms with van der Waals surface area (Å²) < 4.78 is 5.46. The molecule has 0 aromatic heterocycles. The first-order valence-corrected chi connectivity index (χ1v) is 6.80. The van der Waals surface area contributed by atoms with E-state index in [1.807, 2.05) is 4.90 Å². The number of carbonyl (C=O) groups excluding carboxylic acids is 1. The summed E-state index contributed by atoms with van der Waals surface area (Å²) in [4.78, 5) is 14.7. The van der Waals surface area contributed by atoms with Crippen LogP contribution in [0.1, 0.15) is 27.7 Å². The summed E-state index contributed by atoms with van der Waals surface area (Å²) in [5.41, 5.74) is 5.74. The summed E-state index contributed by atoms with van der Waals surface area (Å²) in [6.45, 7) is 10.3. The molecule has 1 saturated heterocycles. The van der Waals surface area contributed by atoms with Gasteiger partial charge >= 0.3 is 0 Å². The summed E-state index contributed by atoms with van der Waals surface area (Å²) in [7, 11) is 0. The minimum absolute atomic E-state index is 0.0705. The first-order chi connectivity index (χ1) is 8.19. The van der Waals surface area contributed by atoms with Gasteiger partial charge in [-0.25, -0.2) is 0 Å². The van der Waals surface area contributed by atoms with Crippen LogP contribution in [0.3, 0.4) is 0 Å². The summed E-state index contributed by atoms with van der Waals surface area (Å²) >= 11 is 4.94. The number of rotatable bonds is 2. The monoisotopic (exact) mass is 270 g/mol. The van der Waals surface area contributed by atoms with E-state index in [-0.39, 0.29) is 28.8 Å². The number of nitrogens with zero attached hydrogens (tertiary/aromatic N) is 1. The van der Waals surface area contributed by atoms with E-state index in [9.17, 15) is 4.79 Å². The number of hydrogen-bond donors (Lipinski definition) is 1. The predicted molar refractivity (Wildman–Crippen MR) is 74.2 cm³/mol. The zero-order chi connectivity index (χ0) is 13.7. The maximum atomic E-state index is 12.5. The summed E-state index contributed by atoms with van der Waals surface area (Å²) in [5, 5.41) is 0. The van der Waals surface area contributed by atoms with Crippen molar-refractivity contribution in [3.05, 3.63) is 0 Å². The van der Waals surface area contributed by atoms with Crippen LogP contribution in [0.4, 0.5) is 0 Å². The van der Waals surface area contributed by atoms with Crippen LogP contribution in [0.25, 0.3) is 0 Å². The molecule has 2 fully saturated rings. The Morgan fingerprint density at radius 2 is 1.89 bits per heavy atom. The summed E-state index contributed by atoms with van der Waals surface area (Å²) in [6, 6.07) is 0. The van der Waals surface area contributed by atoms with Crippen molar-refractivity contribution in [2.24, 2.45) is 22.5 Å². The second-order valence-corrected chi connectivity index (χ2v) is 6.89. The molecule has 0 aromatic carbocycles. The molecule has 1 amide bonds. The van der Waals surface area contributed by atoms with Crippen molar-refractivity contribution >= 4 is 23.1 Å². The van der Waals surface area contributed by atoms with E-state index in [0.29, 0.717) is 24.7 Å². The number of ether oxygens (including phenoxy) is 1. The predicted octanol–water partition coefficient (Wildman–Crippen LogP) is 1.18. The highest BCUT2D eigenvalue weighted by atomic mass is 32.1. The van der Waals surface area contributed by atoms with Gasteiger partial charge in [0, 0.05) is 12.5 Å². The van der Waals surface area contributed by atoms with E-state index in [0.717, 1.165) is 0 Å². The van der Waals surface area contributed by atoms with Crippen LogP contribution in [-0.4, -0.2) is 41.6 Å². The fourth-order valence-corrected chi connectivity index (χ4v) is 3.16. The maximum Gasteiger partial charge on any atom is 0.226 e. The van der Waals surface area contributed by atoms with Gasteiger partial charge in [-0.15, -0.1) is 0 Å². The van der Waals surface area contributed by atoms with Crippen LogP contribution >= 0.6 is 12.2 Å². The van der Waals surface area contributed by atoms with Crippen molar-refractivity contribution in [3.63, 3.8) is 0 Å². The van der Waals surface area contributed by atoms with E-state index >= 15 is 0 Å². The van der Waals surface area contributed by atoms with Crippen molar-refractivity contribution < 1.29 is 9.53 Å². The van der Waals surface area contributed by atoms with Crippen molar-refractivity contribution in [1.82, 2.24) is 4.90 Å². The van der Waals surface area contributed by atoms with E-state index in [1.165, 1.54) is 0 Å². The average Bonchev–Trinajstić information content (AvgIpc) is 2.69. The molecule has 1 atom stereocenters. The van der Waals surface area contributed by atoms with Crippen LogP contribution in [-0.2, 0) is 9.53 Å². The quantitative estimate of drug-likeness (QED) is 0.766. The third-order valence-electron chi connectivity index (χ3n) is 4.96. The Morgan fingerprint density at radius 1 is 1.33 bits per heavy atom. The van der Waals surface area contributed by atoms with Gasteiger partial charge in [-0.2, -0.15) is 0 Å². The molecule has 1 unspecified atom stereocenters. The lowest BCUT2D eigenvalue weighted by molar-refractivity contribution is -0.139. The highest BCUT2D eigenvalue weighted by molar-refractivity contribution is 7.80. The molecule has 18 heavy (non-hydrogen) atoms. The number of nitrogens with two attached hydrogens (primary N) is 1. The van der Waals surface area contributed by atoms with Gasteiger partial charge in [0.05, 0.1) is 13.2 Å². The van der Waals surface area contributed by atoms with Crippen molar-refractivity contribution in [1.29, 1.82) is 0 Å². The Kier molecular flexibility index (Phi) is 3.18. The first kappa shape index (κ1) is 13.7. The number of carbonyl (C=O) groups is 1. The van der Waals surface area contributed by atoms with E-state index in [4.69, 9.17) is 22.7 Å². The van der Waals surface area contributed by atoms with Gasteiger partial charge in [0.15, 0.2) is 0 Å². The molecule has 5 heteroatoms. The third kappa shape index (κ3) is 1.93. The minimum atomic E-state index is -0.289. The van der Waals surface area contributed by atoms with Crippen LogP contribution < -0.4 is 5.73 Å². The molecule has 1 saturated carbocycles. The van der Waals surface area contributed by atoms with Gasteiger partial charge in [-0.1, -0.05) is 39.9 Å². The second-order valence-electron chi connectivity index (χ2n) is 6.42. The van der Waals surface area contributed by atoms with Crippen molar-refractivity contribution in [2.45, 2.75) is 33.8 Å². The molecule has 1 aliphatic heterocycles. The molecule has 2 rings (SSSR count). The number of thiocarbonyl (C=S) groups is 1. The van der Waals surface area contributed by atoms with Gasteiger partial charge in [0.1, 0.15) is 11.1 Å². The molecule has 2 aliphatic rings. The summed E-state index contributed by atoms with van der Waals surface area (Å²) in [5.74, 6) is 0.310. The molecule has 0 bridgehead atoms.